The average molecular weight is 424 g/mol. The standard InChI is InChI=1S/C21H24N6O4/c1-12(2)15-11-30-21(28)27(15)17-9-10-22-20(24-17)23-13(3)19-25-18(26-31-19)14-7-5-6-8-16(14)29-4/h5-10,12-13,15H,11H2,1-4H3,(H,22,23,24)/t13-,15?/m1/s1. The maximum atomic E-state index is 12.2. The van der Waals surface area contributed by atoms with E-state index in [0.717, 1.165) is 5.56 Å². The van der Waals surface area contributed by atoms with Crippen LogP contribution < -0.4 is 15.0 Å². The number of carbonyl (C=O) groups is 1. The predicted molar refractivity (Wildman–Crippen MR) is 113 cm³/mol. The van der Waals surface area contributed by atoms with Crippen molar-refractivity contribution in [2.45, 2.75) is 32.9 Å². The van der Waals surface area contributed by atoms with Gasteiger partial charge in [0.1, 0.15) is 24.2 Å². The molecule has 31 heavy (non-hydrogen) atoms. The van der Waals surface area contributed by atoms with Gasteiger partial charge in [0, 0.05) is 6.20 Å². The minimum atomic E-state index is -0.408. The Kier molecular flexibility index (Phi) is 5.70. The first-order valence-corrected chi connectivity index (χ1v) is 10.0. The lowest BCUT2D eigenvalue weighted by Crippen LogP contribution is -2.37. The van der Waals surface area contributed by atoms with Gasteiger partial charge < -0.3 is 19.3 Å². The molecule has 4 rings (SSSR count). The number of nitrogens with zero attached hydrogens (tertiary/aromatic N) is 5. The van der Waals surface area contributed by atoms with Crippen molar-refractivity contribution in [2.24, 2.45) is 5.92 Å². The van der Waals surface area contributed by atoms with Gasteiger partial charge in [0.05, 0.1) is 18.7 Å². The van der Waals surface area contributed by atoms with Crippen LogP contribution in [0.25, 0.3) is 11.4 Å². The van der Waals surface area contributed by atoms with Gasteiger partial charge >= 0.3 is 6.09 Å². The topological polar surface area (TPSA) is 116 Å². The van der Waals surface area contributed by atoms with Gasteiger partial charge in [-0.05, 0) is 31.0 Å². The molecule has 1 fully saturated rings. The van der Waals surface area contributed by atoms with Crippen LogP contribution in [0.4, 0.5) is 16.6 Å². The molecule has 1 N–H and O–H groups in total. The Morgan fingerprint density at radius 2 is 2.00 bits per heavy atom. The van der Waals surface area contributed by atoms with Gasteiger partial charge in [-0.2, -0.15) is 9.97 Å². The Labute approximate surface area is 179 Å². The number of ether oxygens (including phenoxy) is 2. The molecule has 1 aliphatic rings. The molecule has 1 amide bonds. The largest absolute Gasteiger partial charge is 0.496 e. The molecule has 1 aliphatic heterocycles. The highest BCUT2D eigenvalue weighted by atomic mass is 16.6. The highest BCUT2D eigenvalue weighted by molar-refractivity contribution is 5.89. The zero-order valence-electron chi connectivity index (χ0n) is 17.8. The SMILES string of the molecule is COc1ccccc1-c1noc([C@@H](C)Nc2nccc(N3C(=O)OCC3C(C)C)n2)n1. The van der Waals surface area contributed by atoms with Crippen LogP contribution in [0.2, 0.25) is 0 Å². The fourth-order valence-electron chi connectivity index (χ4n) is 3.35. The number of benzene rings is 1. The van der Waals surface area contributed by atoms with Crippen molar-refractivity contribution in [3.8, 4) is 17.1 Å². The molecule has 0 spiro atoms. The van der Waals surface area contributed by atoms with E-state index in [1.54, 1.807) is 24.3 Å². The van der Waals surface area contributed by atoms with Gasteiger partial charge in [0.2, 0.25) is 17.7 Å². The summed E-state index contributed by atoms with van der Waals surface area (Å²) in [5, 5.41) is 7.21. The Bertz CT molecular complexity index is 1070. The molecule has 3 aromatic rings. The maximum Gasteiger partial charge on any atom is 0.415 e. The molecule has 2 aromatic heterocycles. The minimum Gasteiger partial charge on any atom is -0.496 e. The van der Waals surface area contributed by atoms with E-state index in [1.165, 1.54) is 0 Å². The van der Waals surface area contributed by atoms with Crippen molar-refractivity contribution < 1.29 is 18.8 Å². The molecule has 0 aliphatic carbocycles. The summed E-state index contributed by atoms with van der Waals surface area (Å²) in [6.07, 6.45) is 1.18. The van der Waals surface area contributed by atoms with Crippen molar-refractivity contribution in [3.63, 3.8) is 0 Å². The highest BCUT2D eigenvalue weighted by Gasteiger charge is 2.37. The van der Waals surface area contributed by atoms with Crippen LogP contribution in [0.5, 0.6) is 5.75 Å². The Hall–Kier alpha value is -3.69. The summed E-state index contributed by atoms with van der Waals surface area (Å²) in [5.74, 6) is 2.49. The molecule has 162 valence electrons. The molecule has 0 bridgehead atoms. The number of amides is 1. The number of carbonyl (C=O) groups excluding carboxylic acids is 1. The van der Waals surface area contributed by atoms with Crippen LogP contribution in [0.3, 0.4) is 0 Å². The van der Waals surface area contributed by atoms with Crippen molar-refractivity contribution >= 4 is 17.9 Å². The molecule has 10 nitrogen and oxygen atoms in total. The number of para-hydroxylation sites is 1. The third-order valence-corrected chi connectivity index (χ3v) is 5.07. The van der Waals surface area contributed by atoms with Crippen LogP contribution in [-0.4, -0.2) is 46.0 Å². The van der Waals surface area contributed by atoms with Crippen LogP contribution in [0.15, 0.2) is 41.1 Å². The molecule has 1 aromatic carbocycles. The Balaban J connectivity index is 1.52. The number of hydrogen-bond donors (Lipinski definition) is 1. The maximum absolute atomic E-state index is 12.2. The number of methoxy groups -OCH3 is 1. The van der Waals surface area contributed by atoms with Crippen molar-refractivity contribution in [3.05, 3.63) is 42.4 Å². The van der Waals surface area contributed by atoms with Gasteiger partial charge in [0.15, 0.2) is 0 Å². The summed E-state index contributed by atoms with van der Waals surface area (Å²) in [4.78, 5) is 27.0. The lowest BCUT2D eigenvalue weighted by Gasteiger charge is -2.23. The molecular formula is C21H24N6O4. The highest BCUT2D eigenvalue weighted by Crippen LogP contribution is 2.29. The first-order valence-electron chi connectivity index (χ1n) is 10.0. The zero-order chi connectivity index (χ0) is 22.0. The van der Waals surface area contributed by atoms with Crippen LogP contribution in [-0.2, 0) is 4.74 Å². The fraction of sp³-hybridized carbons (Fsp3) is 0.381. The molecule has 10 heteroatoms. The molecule has 0 saturated carbocycles. The molecular weight excluding hydrogens is 400 g/mol. The second kappa shape index (κ2) is 8.58. The first kappa shape index (κ1) is 20.6. The van der Waals surface area contributed by atoms with Crippen LogP contribution >= 0.6 is 0 Å². The Morgan fingerprint density at radius 3 is 2.77 bits per heavy atom. The smallest absolute Gasteiger partial charge is 0.415 e. The summed E-state index contributed by atoms with van der Waals surface area (Å²) >= 11 is 0. The van der Waals surface area contributed by atoms with Crippen molar-refractivity contribution in [2.75, 3.05) is 23.9 Å². The van der Waals surface area contributed by atoms with E-state index in [-0.39, 0.29) is 18.0 Å². The van der Waals surface area contributed by atoms with E-state index < -0.39 is 6.09 Å². The van der Waals surface area contributed by atoms with Crippen LogP contribution in [0, 0.1) is 5.92 Å². The fourth-order valence-corrected chi connectivity index (χ4v) is 3.35. The summed E-state index contributed by atoms with van der Waals surface area (Å²) in [6, 6.07) is 8.69. The van der Waals surface area contributed by atoms with Gasteiger partial charge in [-0.15, -0.1) is 0 Å². The first-order chi connectivity index (χ1) is 15.0. The van der Waals surface area contributed by atoms with Gasteiger partial charge in [0.25, 0.3) is 0 Å². The van der Waals surface area contributed by atoms with Gasteiger partial charge in [-0.3, -0.25) is 4.90 Å². The van der Waals surface area contributed by atoms with Gasteiger partial charge in [-0.1, -0.05) is 31.1 Å². The second-order valence-corrected chi connectivity index (χ2v) is 7.52. The molecule has 1 unspecified atom stereocenters. The number of cyclic esters (lactones) is 1. The summed E-state index contributed by atoms with van der Waals surface area (Å²) < 4.78 is 16.0. The summed E-state index contributed by atoms with van der Waals surface area (Å²) in [6.45, 7) is 6.28. The third-order valence-electron chi connectivity index (χ3n) is 5.07. The monoisotopic (exact) mass is 424 g/mol. The number of nitrogens with one attached hydrogen (secondary N) is 1. The van der Waals surface area contributed by atoms with E-state index in [9.17, 15) is 4.79 Å². The van der Waals surface area contributed by atoms with E-state index in [1.807, 2.05) is 45.0 Å². The number of rotatable bonds is 7. The van der Waals surface area contributed by atoms with E-state index in [4.69, 9.17) is 14.0 Å². The average Bonchev–Trinajstić information content (AvgIpc) is 3.41. The predicted octanol–water partition coefficient (Wildman–Crippen LogP) is 3.69. The van der Waals surface area contributed by atoms with Gasteiger partial charge in [-0.25, -0.2) is 9.78 Å². The lowest BCUT2D eigenvalue weighted by molar-refractivity contribution is 0.177. The number of hydrogen-bond acceptors (Lipinski definition) is 9. The van der Waals surface area contributed by atoms with Crippen molar-refractivity contribution in [1.82, 2.24) is 20.1 Å². The third kappa shape index (κ3) is 4.14. The summed E-state index contributed by atoms with van der Waals surface area (Å²) in [7, 11) is 1.59. The summed E-state index contributed by atoms with van der Waals surface area (Å²) in [5.41, 5.74) is 0.734. The molecule has 1 saturated heterocycles. The number of anilines is 2. The van der Waals surface area contributed by atoms with Crippen LogP contribution in [0.1, 0.15) is 32.7 Å². The second-order valence-electron chi connectivity index (χ2n) is 7.52. The lowest BCUT2D eigenvalue weighted by atomic mass is 10.0. The Morgan fingerprint density at radius 1 is 1.19 bits per heavy atom. The minimum absolute atomic E-state index is 0.0768. The molecule has 2 atom stereocenters. The normalized spacial score (nSPS) is 17.0. The zero-order valence-corrected chi connectivity index (χ0v) is 17.8. The van der Waals surface area contributed by atoms with E-state index in [0.29, 0.717) is 35.8 Å². The molecule has 3 heterocycles. The molecule has 0 radical (unpaired) electrons. The van der Waals surface area contributed by atoms with Crippen molar-refractivity contribution in [1.29, 1.82) is 0 Å². The quantitative estimate of drug-likeness (QED) is 0.606. The number of aromatic nitrogens is 4. The van der Waals surface area contributed by atoms with E-state index >= 15 is 0 Å². The van der Waals surface area contributed by atoms with E-state index in [2.05, 4.69) is 25.4 Å².